The van der Waals surface area contributed by atoms with Crippen LogP contribution in [0.25, 0.3) is 5.69 Å². The predicted octanol–water partition coefficient (Wildman–Crippen LogP) is 1.98. The fourth-order valence-corrected chi connectivity index (χ4v) is 1.69. The van der Waals surface area contributed by atoms with E-state index in [0.29, 0.717) is 17.1 Å². The molecule has 0 aliphatic rings. The lowest BCUT2D eigenvalue weighted by atomic mass is 10.2. The summed E-state index contributed by atoms with van der Waals surface area (Å²) in [5.41, 5.74) is 7.75. The van der Waals surface area contributed by atoms with E-state index in [1.165, 1.54) is 6.07 Å². The van der Waals surface area contributed by atoms with E-state index in [4.69, 9.17) is 5.73 Å². The van der Waals surface area contributed by atoms with Gasteiger partial charge in [-0.05, 0) is 19.9 Å². The molecule has 1 aromatic carbocycles. The van der Waals surface area contributed by atoms with E-state index in [-0.39, 0.29) is 5.69 Å². The summed E-state index contributed by atoms with van der Waals surface area (Å²) >= 11 is 0. The molecule has 0 radical (unpaired) electrons. The van der Waals surface area contributed by atoms with Crippen LogP contribution in [-0.4, -0.2) is 14.7 Å². The number of aryl methyl sites for hydroxylation is 2. The molecule has 17 heavy (non-hydrogen) atoms. The van der Waals surface area contributed by atoms with Crippen molar-refractivity contribution in [2.75, 3.05) is 5.73 Å². The van der Waals surface area contributed by atoms with Crippen molar-refractivity contribution in [3.8, 4) is 5.69 Å². The smallest absolute Gasteiger partial charge is 0.274 e. The standard InChI is InChI=1S/C11H12N4O2/c1-7-3-4-9(6-10(7)15(16)17)14-8(2)5-11(12)13-14/h3-6H,1-2H3,(H2,12,13). The van der Waals surface area contributed by atoms with Crippen LogP contribution >= 0.6 is 0 Å². The largest absolute Gasteiger partial charge is 0.382 e. The number of rotatable bonds is 2. The van der Waals surface area contributed by atoms with Crippen LogP contribution in [0.5, 0.6) is 0 Å². The molecule has 2 aromatic rings. The van der Waals surface area contributed by atoms with Crippen molar-refractivity contribution < 1.29 is 4.92 Å². The topological polar surface area (TPSA) is 87.0 Å². The van der Waals surface area contributed by atoms with Gasteiger partial charge in [-0.15, -0.1) is 0 Å². The SMILES string of the molecule is Cc1ccc(-n2nc(N)cc2C)cc1[N+](=O)[O-]. The number of hydrogen-bond acceptors (Lipinski definition) is 4. The Kier molecular flexibility index (Phi) is 2.55. The molecule has 6 nitrogen and oxygen atoms in total. The highest BCUT2D eigenvalue weighted by molar-refractivity contribution is 5.49. The van der Waals surface area contributed by atoms with Gasteiger partial charge in [0.15, 0.2) is 0 Å². The molecule has 0 saturated carbocycles. The van der Waals surface area contributed by atoms with Gasteiger partial charge in [-0.2, -0.15) is 5.10 Å². The summed E-state index contributed by atoms with van der Waals surface area (Å²) in [6, 6.07) is 6.69. The third kappa shape index (κ3) is 1.96. The summed E-state index contributed by atoms with van der Waals surface area (Å²) in [6.07, 6.45) is 0. The summed E-state index contributed by atoms with van der Waals surface area (Å²) < 4.78 is 1.59. The van der Waals surface area contributed by atoms with Crippen LogP contribution in [0.2, 0.25) is 0 Å². The number of nitrogens with two attached hydrogens (primary N) is 1. The quantitative estimate of drug-likeness (QED) is 0.633. The molecule has 1 aromatic heterocycles. The second kappa shape index (κ2) is 3.89. The average Bonchev–Trinajstić information content (AvgIpc) is 2.58. The highest BCUT2D eigenvalue weighted by Gasteiger charge is 2.13. The molecule has 0 fully saturated rings. The first kappa shape index (κ1) is 11.1. The molecule has 2 rings (SSSR count). The second-order valence-electron chi connectivity index (χ2n) is 3.85. The third-order valence-electron chi connectivity index (χ3n) is 2.54. The Morgan fingerprint density at radius 1 is 1.35 bits per heavy atom. The normalized spacial score (nSPS) is 10.5. The van der Waals surface area contributed by atoms with Gasteiger partial charge in [0, 0.05) is 23.4 Å². The van der Waals surface area contributed by atoms with Gasteiger partial charge in [-0.25, -0.2) is 4.68 Å². The molecule has 0 spiro atoms. The summed E-state index contributed by atoms with van der Waals surface area (Å²) in [5, 5.41) is 14.9. The number of nitro benzene ring substituents is 1. The molecule has 0 unspecified atom stereocenters. The Labute approximate surface area is 97.8 Å². The van der Waals surface area contributed by atoms with Crippen molar-refractivity contribution in [1.82, 2.24) is 9.78 Å². The van der Waals surface area contributed by atoms with E-state index in [1.807, 2.05) is 6.92 Å². The highest BCUT2D eigenvalue weighted by atomic mass is 16.6. The third-order valence-corrected chi connectivity index (χ3v) is 2.54. The Hall–Kier alpha value is -2.37. The van der Waals surface area contributed by atoms with Gasteiger partial charge in [0.1, 0.15) is 5.82 Å². The molecule has 0 saturated heterocycles. The van der Waals surface area contributed by atoms with E-state index in [9.17, 15) is 10.1 Å². The van der Waals surface area contributed by atoms with E-state index < -0.39 is 4.92 Å². The Morgan fingerprint density at radius 2 is 2.06 bits per heavy atom. The van der Waals surface area contributed by atoms with Gasteiger partial charge < -0.3 is 5.73 Å². The molecule has 0 atom stereocenters. The zero-order chi connectivity index (χ0) is 12.6. The summed E-state index contributed by atoms with van der Waals surface area (Å²) in [6.45, 7) is 3.54. The molecule has 1 heterocycles. The summed E-state index contributed by atoms with van der Waals surface area (Å²) in [5.74, 6) is 0.394. The second-order valence-corrected chi connectivity index (χ2v) is 3.85. The van der Waals surface area contributed by atoms with Gasteiger partial charge in [0.05, 0.1) is 10.6 Å². The molecule has 0 amide bonds. The molecule has 6 heteroatoms. The number of nitrogens with zero attached hydrogens (tertiary/aromatic N) is 3. The van der Waals surface area contributed by atoms with E-state index in [2.05, 4.69) is 5.10 Å². The molecule has 0 bridgehead atoms. The van der Waals surface area contributed by atoms with E-state index >= 15 is 0 Å². The minimum Gasteiger partial charge on any atom is -0.382 e. The lowest BCUT2D eigenvalue weighted by Crippen LogP contribution is -2.01. The van der Waals surface area contributed by atoms with Crippen molar-refractivity contribution in [3.05, 3.63) is 45.6 Å². The van der Waals surface area contributed by atoms with Crippen molar-refractivity contribution in [3.63, 3.8) is 0 Å². The fourth-order valence-electron chi connectivity index (χ4n) is 1.69. The van der Waals surface area contributed by atoms with Crippen LogP contribution in [0.15, 0.2) is 24.3 Å². The molecule has 0 aliphatic carbocycles. The minimum absolute atomic E-state index is 0.0796. The van der Waals surface area contributed by atoms with Gasteiger partial charge in [0.2, 0.25) is 0 Å². The first-order valence-corrected chi connectivity index (χ1v) is 5.06. The number of aromatic nitrogens is 2. The highest BCUT2D eigenvalue weighted by Crippen LogP contribution is 2.22. The molecule has 88 valence electrons. The van der Waals surface area contributed by atoms with Crippen molar-refractivity contribution in [2.24, 2.45) is 0 Å². The Balaban J connectivity index is 2.57. The summed E-state index contributed by atoms with van der Waals surface area (Å²) in [4.78, 5) is 10.4. The molecular weight excluding hydrogens is 220 g/mol. The first-order chi connectivity index (χ1) is 7.99. The number of nitrogen functional groups attached to an aromatic ring is 1. The van der Waals surface area contributed by atoms with Crippen molar-refractivity contribution >= 4 is 11.5 Å². The average molecular weight is 232 g/mol. The first-order valence-electron chi connectivity index (χ1n) is 5.06. The van der Waals surface area contributed by atoms with Crippen LogP contribution in [0, 0.1) is 24.0 Å². The van der Waals surface area contributed by atoms with E-state index in [0.717, 1.165) is 5.69 Å². The van der Waals surface area contributed by atoms with Gasteiger partial charge in [-0.1, -0.05) is 6.07 Å². The monoisotopic (exact) mass is 232 g/mol. The number of hydrogen-bond donors (Lipinski definition) is 1. The predicted molar refractivity (Wildman–Crippen MR) is 64.1 cm³/mol. The maximum absolute atomic E-state index is 10.8. The number of benzene rings is 1. The molecule has 0 aliphatic heterocycles. The van der Waals surface area contributed by atoms with Crippen LogP contribution in [0.4, 0.5) is 11.5 Å². The van der Waals surface area contributed by atoms with Crippen LogP contribution in [0.3, 0.4) is 0 Å². The van der Waals surface area contributed by atoms with E-state index in [1.54, 1.807) is 29.8 Å². The lowest BCUT2D eigenvalue weighted by molar-refractivity contribution is -0.385. The van der Waals surface area contributed by atoms with Crippen LogP contribution in [-0.2, 0) is 0 Å². The van der Waals surface area contributed by atoms with Crippen LogP contribution < -0.4 is 5.73 Å². The number of anilines is 1. The molecular formula is C11H12N4O2. The van der Waals surface area contributed by atoms with Crippen molar-refractivity contribution in [2.45, 2.75) is 13.8 Å². The molecule has 2 N–H and O–H groups in total. The Morgan fingerprint density at radius 3 is 2.59 bits per heavy atom. The van der Waals surface area contributed by atoms with Crippen LogP contribution in [0.1, 0.15) is 11.3 Å². The maximum atomic E-state index is 10.8. The Bertz CT molecular complexity index is 589. The van der Waals surface area contributed by atoms with Gasteiger partial charge in [-0.3, -0.25) is 10.1 Å². The minimum atomic E-state index is -0.402. The maximum Gasteiger partial charge on any atom is 0.274 e. The van der Waals surface area contributed by atoms with Gasteiger partial charge in [0.25, 0.3) is 5.69 Å². The van der Waals surface area contributed by atoms with Gasteiger partial charge >= 0.3 is 0 Å². The fraction of sp³-hybridized carbons (Fsp3) is 0.182. The zero-order valence-corrected chi connectivity index (χ0v) is 9.54. The number of nitro groups is 1. The zero-order valence-electron chi connectivity index (χ0n) is 9.54. The van der Waals surface area contributed by atoms with Crippen molar-refractivity contribution in [1.29, 1.82) is 0 Å². The lowest BCUT2D eigenvalue weighted by Gasteiger charge is -2.05. The summed E-state index contributed by atoms with van der Waals surface area (Å²) in [7, 11) is 0.